The first-order valence-electron chi connectivity index (χ1n) is 10.3. The van der Waals surface area contributed by atoms with E-state index in [1.165, 1.54) is 0 Å². The summed E-state index contributed by atoms with van der Waals surface area (Å²) in [7, 11) is 1.74. The summed E-state index contributed by atoms with van der Waals surface area (Å²) in [5, 5.41) is 10.3. The lowest BCUT2D eigenvalue weighted by Crippen LogP contribution is -2.38. The Morgan fingerprint density at radius 1 is 1.17 bits per heavy atom. The molecule has 1 aliphatic rings. The van der Waals surface area contributed by atoms with Crippen LogP contribution in [0, 0.1) is 0 Å². The number of benzene rings is 2. The Labute approximate surface area is 183 Å². The first-order chi connectivity index (χ1) is 14.7. The maximum atomic E-state index is 12.4. The lowest BCUT2D eigenvalue weighted by atomic mass is 10.1. The number of rotatable bonds is 8. The van der Waals surface area contributed by atoms with E-state index in [4.69, 9.17) is 16.3 Å². The van der Waals surface area contributed by atoms with Crippen molar-refractivity contribution in [3.8, 4) is 0 Å². The monoisotopic (exact) mass is 428 g/mol. The van der Waals surface area contributed by atoms with Gasteiger partial charge in [-0.3, -0.25) is 9.79 Å². The molecule has 1 unspecified atom stereocenters. The summed E-state index contributed by atoms with van der Waals surface area (Å²) in [5.41, 5.74) is 2.76. The van der Waals surface area contributed by atoms with E-state index >= 15 is 0 Å². The number of ether oxygens (including phenoxy) is 1. The van der Waals surface area contributed by atoms with E-state index in [1.807, 2.05) is 48.5 Å². The predicted octanol–water partition coefficient (Wildman–Crippen LogP) is 3.16. The van der Waals surface area contributed by atoms with Crippen LogP contribution in [0.15, 0.2) is 53.5 Å². The van der Waals surface area contributed by atoms with Crippen LogP contribution in [0.3, 0.4) is 0 Å². The van der Waals surface area contributed by atoms with Crippen molar-refractivity contribution < 1.29 is 9.53 Å². The van der Waals surface area contributed by atoms with Gasteiger partial charge in [-0.1, -0.05) is 41.9 Å². The third-order valence-electron chi connectivity index (χ3n) is 5.03. The third-order valence-corrected chi connectivity index (χ3v) is 5.40. The van der Waals surface area contributed by atoms with E-state index in [1.54, 1.807) is 7.05 Å². The van der Waals surface area contributed by atoms with Gasteiger partial charge in [0.15, 0.2) is 5.96 Å². The number of hydrogen-bond donors (Lipinski definition) is 3. The number of aliphatic imine (C=N–C) groups is 1. The van der Waals surface area contributed by atoms with Crippen LogP contribution in [0.4, 0.5) is 0 Å². The second-order valence-electron chi connectivity index (χ2n) is 7.24. The fourth-order valence-corrected chi connectivity index (χ4v) is 3.59. The smallest absolute Gasteiger partial charge is 0.251 e. The number of nitrogens with zero attached hydrogens (tertiary/aromatic N) is 1. The van der Waals surface area contributed by atoms with Crippen LogP contribution in [0.2, 0.25) is 5.02 Å². The summed E-state index contributed by atoms with van der Waals surface area (Å²) < 4.78 is 5.55. The minimum atomic E-state index is -0.0744. The van der Waals surface area contributed by atoms with Crippen LogP contribution in [0.5, 0.6) is 0 Å². The molecule has 0 bridgehead atoms. The molecule has 0 saturated carbocycles. The molecule has 1 heterocycles. The summed E-state index contributed by atoms with van der Waals surface area (Å²) in [4.78, 5) is 16.7. The average Bonchev–Trinajstić information content (AvgIpc) is 3.29. The number of amides is 1. The van der Waals surface area contributed by atoms with E-state index < -0.39 is 0 Å². The highest BCUT2D eigenvalue weighted by molar-refractivity contribution is 6.31. The second kappa shape index (κ2) is 11.6. The zero-order chi connectivity index (χ0) is 21.2. The van der Waals surface area contributed by atoms with Gasteiger partial charge in [-0.15, -0.1) is 0 Å². The van der Waals surface area contributed by atoms with E-state index in [0.717, 1.165) is 48.6 Å². The van der Waals surface area contributed by atoms with Crippen molar-refractivity contribution in [1.29, 1.82) is 0 Å². The van der Waals surface area contributed by atoms with Gasteiger partial charge in [0.1, 0.15) is 0 Å². The van der Waals surface area contributed by atoms with Crippen molar-refractivity contribution in [1.82, 2.24) is 16.0 Å². The first-order valence-corrected chi connectivity index (χ1v) is 10.7. The van der Waals surface area contributed by atoms with Gasteiger partial charge >= 0.3 is 0 Å². The summed E-state index contributed by atoms with van der Waals surface area (Å²) >= 11 is 6.20. The van der Waals surface area contributed by atoms with Gasteiger partial charge in [0.05, 0.1) is 6.10 Å². The molecule has 1 amide bonds. The van der Waals surface area contributed by atoms with Crippen LogP contribution in [-0.2, 0) is 17.7 Å². The fraction of sp³-hybridized carbons (Fsp3) is 0.391. The molecule has 1 aliphatic heterocycles. The summed E-state index contributed by atoms with van der Waals surface area (Å²) in [6.45, 7) is 2.63. The predicted molar refractivity (Wildman–Crippen MR) is 121 cm³/mol. The van der Waals surface area contributed by atoms with Crippen LogP contribution >= 0.6 is 11.6 Å². The van der Waals surface area contributed by atoms with Gasteiger partial charge < -0.3 is 20.7 Å². The second-order valence-corrected chi connectivity index (χ2v) is 7.65. The molecule has 2 aromatic carbocycles. The Morgan fingerprint density at radius 2 is 2.03 bits per heavy atom. The number of carbonyl (C=O) groups excluding carboxylic acids is 1. The Balaban J connectivity index is 1.45. The van der Waals surface area contributed by atoms with E-state index in [-0.39, 0.29) is 12.0 Å². The van der Waals surface area contributed by atoms with Crippen molar-refractivity contribution in [2.75, 3.05) is 26.7 Å². The minimum Gasteiger partial charge on any atom is -0.376 e. The van der Waals surface area contributed by atoms with Gasteiger partial charge in [0.2, 0.25) is 0 Å². The van der Waals surface area contributed by atoms with Crippen molar-refractivity contribution in [2.45, 2.75) is 31.9 Å². The van der Waals surface area contributed by atoms with Crippen LogP contribution in [-0.4, -0.2) is 44.7 Å². The van der Waals surface area contributed by atoms with Crippen LogP contribution in [0.1, 0.15) is 34.3 Å². The largest absolute Gasteiger partial charge is 0.376 e. The molecule has 1 saturated heterocycles. The number of carbonyl (C=O) groups is 1. The molecule has 0 aromatic heterocycles. The normalized spacial score (nSPS) is 16.3. The quantitative estimate of drug-likeness (QED) is 0.446. The van der Waals surface area contributed by atoms with Gasteiger partial charge in [-0.25, -0.2) is 0 Å². The summed E-state index contributed by atoms with van der Waals surface area (Å²) in [5.74, 6) is 0.630. The van der Waals surface area contributed by atoms with Crippen LogP contribution < -0.4 is 16.0 Å². The van der Waals surface area contributed by atoms with Gasteiger partial charge in [0, 0.05) is 43.9 Å². The first kappa shape index (κ1) is 22.1. The third kappa shape index (κ3) is 6.75. The number of guanidine groups is 1. The number of nitrogens with one attached hydrogen (secondary N) is 3. The molecule has 0 aliphatic carbocycles. The molecule has 7 heteroatoms. The molecular weight excluding hydrogens is 400 g/mol. The zero-order valence-corrected chi connectivity index (χ0v) is 18.0. The Hall–Kier alpha value is -2.57. The van der Waals surface area contributed by atoms with Crippen molar-refractivity contribution in [2.24, 2.45) is 4.99 Å². The Bertz CT molecular complexity index is 866. The average molecular weight is 429 g/mol. The highest BCUT2D eigenvalue weighted by Gasteiger charge is 2.16. The zero-order valence-electron chi connectivity index (χ0n) is 17.3. The standard InChI is InChI=1S/C23H29ClN4O2/c1-25-23(26-12-11-18-7-2-3-10-21(18)24)28-15-17-6-4-8-19(14-17)22(29)27-16-20-9-5-13-30-20/h2-4,6-8,10,14,20H,5,9,11-13,15-16H2,1H3,(H,27,29)(H2,25,26,28). The maximum absolute atomic E-state index is 12.4. The molecular formula is C23H29ClN4O2. The van der Waals surface area contributed by atoms with Crippen molar-refractivity contribution >= 4 is 23.5 Å². The topological polar surface area (TPSA) is 74.8 Å². The highest BCUT2D eigenvalue weighted by Crippen LogP contribution is 2.15. The summed E-state index contributed by atoms with van der Waals surface area (Å²) in [6, 6.07) is 15.4. The van der Waals surface area contributed by atoms with Gasteiger partial charge in [-0.05, 0) is 48.6 Å². The molecule has 0 radical (unpaired) electrons. The SMILES string of the molecule is CN=C(NCCc1ccccc1Cl)NCc1cccc(C(=O)NCC2CCCO2)c1. The number of halogens is 1. The molecule has 0 spiro atoms. The lowest BCUT2D eigenvalue weighted by Gasteiger charge is -2.13. The van der Waals surface area contributed by atoms with Crippen molar-refractivity contribution in [3.63, 3.8) is 0 Å². The van der Waals surface area contributed by atoms with Crippen LogP contribution in [0.25, 0.3) is 0 Å². The highest BCUT2D eigenvalue weighted by atomic mass is 35.5. The fourth-order valence-electron chi connectivity index (χ4n) is 3.36. The molecule has 6 nitrogen and oxygen atoms in total. The van der Waals surface area contributed by atoms with E-state index in [9.17, 15) is 4.79 Å². The minimum absolute atomic E-state index is 0.0744. The molecule has 1 fully saturated rings. The Kier molecular flexibility index (Phi) is 8.53. The van der Waals surface area contributed by atoms with E-state index in [0.29, 0.717) is 24.6 Å². The summed E-state index contributed by atoms with van der Waals surface area (Å²) in [6.07, 6.45) is 3.02. The lowest BCUT2D eigenvalue weighted by molar-refractivity contribution is 0.0857. The molecule has 160 valence electrons. The molecule has 3 rings (SSSR count). The molecule has 30 heavy (non-hydrogen) atoms. The molecule has 1 atom stereocenters. The van der Waals surface area contributed by atoms with Gasteiger partial charge in [0.25, 0.3) is 5.91 Å². The molecule has 2 aromatic rings. The number of hydrogen-bond acceptors (Lipinski definition) is 3. The Morgan fingerprint density at radius 3 is 2.80 bits per heavy atom. The maximum Gasteiger partial charge on any atom is 0.251 e. The van der Waals surface area contributed by atoms with E-state index in [2.05, 4.69) is 20.9 Å². The van der Waals surface area contributed by atoms with Gasteiger partial charge in [-0.2, -0.15) is 0 Å². The van der Waals surface area contributed by atoms with Crippen molar-refractivity contribution in [3.05, 3.63) is 70.2 Å². The molecule has 3 N–H and O–H groups in total.